The summed E-state index contributed by atoms with van der Waals surface area (Å²) in [6.07, 6.45) is 2.91. The van der Waals surface area contributed by atoms with Gasteiger partial charge in [0.2, 0.25) is 5.91 Å². The molecule has 0 heterocycles. The Morgan fingerprint density at radius 2 is 1.60 bits per heavy atom. The van der Waals surface area contributed by atoms with E-state index in [2.05, 4.69) is 34.9 Å². The standard InChI is InChI=1S/C28H34N2O5/c1-3-28(2,26(33)30-24-15-9-8-14-22(24)25(31)32)17-29-27(34)35-16-23-20-12-6-4-10-18(20)19-11-5-7-13-21(19)23/h4-7,10-13,22-24H,3,8-9,14-17H2,1-2H3,(H,29,34)(H,30,33)(H,31,32)/t22-,24+,28?/m1/s1. The first-order valence-corrected chi connectivity index (χ1v) is 12.5. The molecule has 7 nitrogen and oxygen atoms in total. The number of alkyl carbamates (subject to hydrolysis) is 1. The van der Waals surface area contributed by atoms with Crippen molar-refractivity contribution in [3.63, 3.8) is 0 Å². The lowest BCUT2D eigenvalue weighted by atomic mass is 9.82. The van der Waals surface area contributed by atoms with E-state index in [-0.39, 0.29) is 31.0 Å². The Balaban J connectivity index is 1.34. The largest absolute Gasteiger partial charge is 0.481 e. The molecule has 1 unspecified atom stereocenters. The first-order valence-electron chi connectivity index (χ1n) is 12.5. The number of hydrogen-bond donors (Lipinski definition) is 3. The summed E-state index contributed by atoms with van der Waals surface area (Å²) in [5, 5.41) is 15.2. The van der Waals surface area contributed by atoms with Crippen molar-refractivity contribution in [2.24, 2.45) is 11.3 Å². The van der Waals surface area contributed by atoms with Gasteiger partial charge in [-0.2, -0.15) is 0 Å². The number of fused-ring (bicyclic) bond motifs is 3. The molecule has 4 rings (SSSR count). The molecule has 2 aromatic carbocycles. The molecule has 0 aromatic heterocycles. The van der Waals surface area contributed by atoms with Crippen LogP contribution >= 0.6 is 0 Å². The summed E-state index contributed by atoms with van der Waals surface area (Å²) < 4.78 is 5.60. The minimum Gasteiger partial charge on any atom is -0.481 e. The Morgan fingerprint density at radius 1 is 1.00 bits per heavy atom. The summed E-state index contributed by atoms with van der Waals surface area (Å²) >= 11 is 0. The van der Waals surface area contributed by atoms with Crippen molar-refractivity contribution in [2.75, 3.05) is 13.2 Å². The maximum absolute atomic E-state index is 13.1. The minimum atomic E-state index is -0.870. The quantitative estimate of drug-likeness (QED) is 0.510. The van der Waals surface area contributed by atoms with Crippen LogP contribution in [0.4, 0.5) is 4.79 Å². The van der Waals surface area contributed by atoms with Gasteiger partial charge >= 0.3 is 12.1 Å². The molecular weight excluding hydrogens is 444 g/mol. The summed E-state index contributed by atoms with van der Waals surface area (Å²) in [5.74, 6) is -1.71. The summed E-state index contributed by atoms with van der Waals surface area (Å²) in [5.41, 5.74) is 3.73. The monoisotopic (exact) mass is 478 g/mol. The van der Waals surface area contributed by atoms with Gasteiger partial charge in [0.1, 0.15) is 6.61 Å². The van der Waals surface area contributed by atoms with Crippen LogP contribution in [0.15, 0.2) is 48.5 Å². The number of carboxylic acid groups (broad SMARTS) is 1. The van der Waals surface area contributed by atoms with E-state index < -0.39 is 23.4 Å². The molecule has 2 amide bonds. The van der Waals surface area contributed by atoms with E-state index in [4.69, 9.17) is 4.74 Å². The van der Waals surface area contributed by atoms with E-state index in [9.17, 15) is 19.5 Å². The molecule has 0 radical (unpaired) electrons. The van der Waals surface area contributed by atoms with Gasteiger partial charge in [0.25, 0.3) is 0 Å². The van der Waals surface area contributed by atoms with Crippen LogP contribution in [-0.2, 0) is 14.3 Å². The fraction of sp³-hybridized carbons (Fsp3) is 0.464. The van der Waals surface area contributed by atoms with Gasteiger partial charge < -0.3 is 20.5 Å². The van der Waals surface area contributed by atoms with Gasteiger partial charge in [-0.15, -0.1) is 0 Å². The number of carbonyl (C=O) groups is 3. The van der Waals surface area contributed by atoms with Gasteiger partial charge in [0, 0.05) is 18.5 Å². The van der Waals surface area contributed by atoms with Gasteiger partial charge in [-0.3, -0.25) is 9.59 Å². The van der Waals surface area contributed by atoms with Crippen molar-refractivity contribution in [1.29, 1.82) is 0 Å². The fourth-order valence-electron chi connectivity index (χ4n) is 5.22. The zero-order valence-corrected chi connectivity index (χ0v) is 20.4. The molecule has 3 atom stereocenters. The number of hydrogen-bond acceptors (Lipinski definition) is 4. The van der Waals surface area contributed by atoms with Gasteiger partial charge in [-0.25, -0.2) is 4.79 Å². The van der Waals surface area contributed by atoms with E-state index in [0.29, 0.717) is 19.3 Å². The fourth-order valence-corrected chi connectivity index (χ4v) is 5.22. The van der Waals surface area contributed by atoms with Crippen LogP contribution in [0.2, 0.25) is 0 Å². The van der Waals surface area contributed by atoms with E-state index in [1.807, 2.05) is 31.2 Å². The first-order chi connectivity index (χ1) is 16.8. The van der Waals surface area contributed by atoms with Crippen LogP contribution in [0, 0.1) is 11.3 Å². The summed E-state index contributed by atoms with van der Waals surface area (Å²) in [6, 6.07) is 15.9. The maximum Gasteiger partial charge on any atom is 0.407 e. The topological polar surface area (TPSA) is 105 Å². The minimum absolute atomic E-state index is 0.0340. The van der Waals surface area contributed by atoms with Crippen LogP contribution in [0.3, 0.4) is 0 Å². The highest BCUT2D eigenvalue weighted by Crippen LogP contribution is 2.44. The number of carboxylic acids is 1. The Hall–Kier alpha value is -3.35. The van der Waals surface area contributed by atoms with Crippen LogP contribution in [0.25, 0.3) is 11.1 Å². The van der Waals surface area contributed by atoms with E-state index in [1.165, 1.54) is 0 Å². The van der Waals surface area contributed by atoms with Crippen molar-refractivity contribution < 1.29 is 24.2 Å². The summed E-state index contributed by atoms with van der Waals surface area (Å²) in [7, 11) is 0. The molecule has 3 N–H and O–H groups in total. The van der Waals surface area contributed by atoms with Crippen molar-refractivity contribution in [3.8, 4) is 11.1 Å². The molecule has 2 aliphatic rings. The highest BCUT2D eigenvalue weighted by atomic mass is 16.5. The van der Waals surface area contributed by atoms with Gasteiger partial charge in [0.05, 0.1) is 11.3 Å². The third-order valence-electron chi connectivity index (χ3n) is 7.69. The zero-order chi connectivity index (χ0) is 25.0. The number of aliphatic carboxylic acids is 1. The number of ether oxygens (including phenoxy) is 1. The summed E-state index contributed by atoms with van der Waals surface area (Å²) in [4.78, 5) is 37.3. The molecule has 35 heavy (non-hydrogen) atoms. The second-order valence-corrected chi connectivity index (χ2v) is 9.90. The zero-order valence-electron chi connectivity index (χ0n) is 20.4. The molecule has 0 aliphatic heterocycles. The van der Waals surface area contributed by atoms with Crippen LogP contribution in [-0.4, -0.2) is 42.3 Å². The Bertz CT molecular complexity index is 1050. The lowest BCUT2D eigenvalue weighted by Crippen LogP contribution is -2.52. The van der Waals surface area contributed by atoms with Gasteiger partial charge in [-0.05, 0) is 48.4 Å². The molecular formula is C28H34N2O5. The van der Waals surface area contributed by atoms with Gasteiger partial charge in [-0.1, -0.05) is 68.3 Å². The first kappa shape index (κ1) is 24.8. The SMILES string of the molecule is CCC(C)(CNC(=O)OCC1c2ccccc2-c2ccccc21)C(=O)N[C@H]1CCCC[C@H]1C(=O)O. The highest BCUT2D eigenvalue weighted by Gasteiger charge is 2.38. The molecule has 2 aromatic rings. The molecule has 0 saturated heterocycles. The van der Waals surface area contributed by atoms with Crippen molar-refractivity contribution in [3.05, 3.63) is 59.7 Å². The van der Waals surface area contributed by atoms with Crippen LogP contribution in [0.5, 0.6) is 0 Å². The number of carbonyl (C=O) groups excluding carboxylic acids is 2. The molecule has 1 fully saturated rings. The highest BCUT2D eigenvalue weighted by molar-refractivity contribution is 5.84. The average Bonchev–Trinajstić information content (AvgIpc) is 3.20. The Morgan fingerprint density at radius 3 is 2.20 bits per heavy atom. The smallest absolute Gasteiger partial charge is 0.407 e. The number of benzene rings is 2. The predicted octanol–water partition coefficient (Wildman–Crippen LogP) is 4.70. The maximum atomic E-state index is 13.1. The molecule has 1 saturated carbocycles. The van der Waals surface area contributed by atoms with E-state index in [1.54, 1.807) is 6.92 Å². The van der Waals surface area contributed by atoms with E-state index in [0.717, 1.165) is 35.1 Å². The Labute approximate surface area is 206 Å². The second kappa shape index (κ2) is 10.5. The third-order valence-corrected chi connectivity index (χ3v) is 7.69. The summed E-state index contributed by atoms with van der Waals surface area (Å²) in [6.45, 7) is 3.98. The van der Waals surface area contributed by atoms with Crippen LogP contribution < -0.4 is 10.6 Å². The third kappa shape index (κ3) is 5.19. The molecule has 0 bridgehead atoms. The molecule has 2 aliphatic carbocycles. The number of nitrogens with one attached hydrogen (secondary N) is 2. The number of rotatable bonds is 8. The lowest BCUT2D eigenvalue weighted by molar-refractivity contribution is -0.144. The lowest BCUT2D eigenvalue weighted by Gasteiger charge is -2.34. The van der Waals surface area contributed by atoms with E-state index >= 15 is 0 Å². The molecule has 7 heteroatoms. The second-order valence-electron chi connectivity index (χ2n) is 9.90. The van der Waals surface area contributed by atoms with Crippen molar-refractivity contribution in [2.45, 2.75) is 57.9 Å². The van der Waals surface area contributed by atoms with Gasteiger partial charge in [0.15, 0.2) is 0 Å². The Kier molecular flexibility index (Phi) is 7.43. The average molecular weight is 479 g/mol. The normalized spacial score (nSPS) is 20.7. The van der Waals surface area contributed by atoms with Crippen molar-refractivity contribution >= 4 is 18.0 Å². The molecule has 186 valence electrons. The predicted molar refractivity (Wildman–Crippen MR) is 133 cm³/mol. The van der Waals surface area contributed by atoms with Crippen LogP contribution in [0.1, 0.15) is 63.0 Å². The van der Waals surface area contributed by atoms with Crippen molar-refractivity contribution in [1.82, 2.24) is 10.6 Å². The molecule has 0 spiro atoms. The number of amides is 2.